The van der Waals surface area contributed by atoms with E-state index in [1.54, 1.807) is 6.33 Å². The first-order valence-corrected chi connectivity index (χ1v) is 6.85. The molecule has 1 heterocycles. The minimum Gasteiger partial charge on any atom is -0.393 e. The summed E-state index contributed by atoms with van der Waals surface area (Å²) in [6, 6.07) is 8.04. The lowest BCUT2D eigenvalue weighted by Crippen LogP contribution is -2.24. The van der Waals surface area contributed by atoms with Gasteiger partial charge in [0.2, 0.25) is 0 Å². The van der Waals surface area contributed by atoms with Crippen molar-refractivity contribution in [2.75, 3.05) is 29.0 Å². The van der Waals surface area contributed by atoms with E-state index >= 15 is 0 Å². The number of nitrogens with zero attached hydrogens (tertiary/aromatic N) is 3. The molecular formula is C15H21N5. The zero-order valence-corrected chi connectivity index (χ0v) is 12.2. The van der Waals surface area contributed by atoms with Crippen molar-refractivity contribution in [2.24, 2.45) is 0 Å². The van der Waals surface area contributed by atoms with Crippen LogP contribution in [0.5, 0.6) is 0 Å². The summed E-state index contributed by atoms with van der Waals surface area (Å²) in [6.07, 6.45) is 1.55. The Balaban J connectivity index is 2.34. The molecule has 0 bridgehead atoms. The van der Waals surface area contributed by atoms with Gasteiger partial charge in [-0.05, 0) is 32.4 Å². The maximum atomic E-state index is 6.20. The average Bonchev–Trinajstić information content (AvgIpc) is 2.46. The second-order valence-corrected chi connectivity index (χ2v) is 4.57. The summed E-state index contributed by atoms with van der Waals surface area (Å²) in [4.78, 5) is 10.7. The smallest absolute Gasteiger partial charge is 0.159 e. The van der Waals surface area contributed by atoms with E-state index in [9.17, 15) is 0 Å². The number of hydrogen-bond donors (Lipinski definition) is 2. The first-order valence-electron chi connectivity index (χ1n) is 6.85. The van der Waals surface area contributed by atoms with Gasteiger partial charge in [-0.3, -0.25) is 0 Å². The third-order valence-electron chi connectivity index (χ3n) is 3.32. The normalized spacial score (nSPS) is 10.3. The molecule has 0 unspecified atom stereocenters. The topological polar surface area (TPSA) is 67.1 Å². The van der Waals surface area contributed by atoms with E-state index in [-0.39, 0.29) is 0 Å². The molecule has 0 atom stereocenters. The highest BCUT2D eigenvalue weighted by Gasteiger charge is 2.13. The number of anilines is 4. The van der Waals surface area contributed by atoms with Gasteiger partial charge >= 0.3 is 0 Å². The summed E-state index contributed by atoms with van der Waals surface area (Å²) in [6.45, 7) is 7.94. The fourth-order valence-electron chi connectivity index (χ4n) is 2.10. The minimum atomic E-state index is 0.583. The van der Waals surface area contributed by atoms with Gasteiger partial charge < -0.3 is 16.0 Å². The monoisotopic (exact) mass is 271 g/mol. The number of rotatable bonds is 5. The molecule has 106 valence electrons. The lowest BCUT2D eigenvalue weighted by Gasteiger charge is -2.22. The van der Waals surface area contributed by atoms with Gasteiger partial charge in [-0.1, -0.05) is 18.2 Å². The number of benzene rings is 1. The number of aryl methyl sites for hydroxylation is 1. The molecule has 1 aromatic carbocycles. The number of nitrogens with one attached hydrogen (secondary N) is 1. The Morgan fingerprint density at radius 3 is 2.50 bits per heavy atom. The Kier molecular flexibility index (Phi) is 4.40. The fourth-order valence-corrected chi connectivity index (χ4v) is 2.10. The van der Waals surface area contributed by atoms with Gasteiger partial charge in [0.1, 0.15) is 12.0 Å². The molecule has 3 N–H and O–H groups in total. The zero-order chi connectivity index (χ0) is 14.5. The second kappa shape index (κ2) is 6.23. The lowest BCUT2D eigenvalue weighted by atomic mass is 10.2. The quantitative estimate of drug-likeness (QED) is 0.875. The molecule has 20 heavy (non-hydrogen) atoms. The third-order valence-corrected chi connectivity index (χ3v) is 3.32. The Morgan fingerprint density at radius 1 is 1.15 bits per heavy atom. The predicted molar refractivity (Wildman–Crippen MR) is 84.5 cm³/mol. The van der Waals surface area contributed by atoms with Crippen molar-refractivity contribution in [3.8, 4) is 0 Å². The fraction of sp³-hybridized carbons (Fsp3) is 0.333. The van der Waals surface area contributed by atoms with Gasteiger partial charge in [0.25, 0.3) is 0 Å². The van der Waals surface area contributed by atoms with Gasteiger partial charge in [0.05, 0.1) is 0 Å². The summed E-state index contributed by atoms with van der Waals surface area (Å²) in [5, 5.41) is 3.28. The molecule has 0 aliphatic rings. The number of para-hydroxylation sites is 1. The molecule has 0 fully saturated rings. The van der Waals surface area contributed by atoms with Gasteiger partial charge in [-0.25, -0.2) is 9.97 Å². The molecule has 5 nitrogen and oxygen atoms in total. The van der Waals surface area contributed by atoms with Crippen LogP contribution in [0.2, 0.25) is 0 Å². The highest BCUT2D eigenvalue weighted by Crippen LogP contribution is 2.29. The van der Waals surface area contributed by atoms with Crippen LogP contribution in [-0.4, -0.2) is 23.1 Å². The maximum absolute atomic E-state index is 6.20. The van der Waals surface area contributed by atoms with E-state index in [2.05, 4.69) is 34.0 Å². The van der Waals surface area contributed by atoms with Crippen LogP contribution in [0.15, 0.2) is 30.6 Å². The van der Waals surface area contributed by atoms with Crippen molar-refractivity contribution in [1.29, 1.82) is 0 Å². The van der Waals surface area contributed by atoms with E-state index in [1.165, 1.54) is 0 Å². The first kappa shape index (κ1) is 14.1. The van der Waals surface area contributed by atoms with Gasteiger partial charge in [0, 0.05) is 18.8 Å². The van der Waals surface area contributed by atoms with Crippen molar-refractivity contribution in [3.63, 3.8) is 0 Å². The highest BCUT2D eigenvalue weighted by molar-refractivity contribution is 5.78. The number of nitrogen functional groups attached to an aromatic ring is 1. The molecule has 0 amide bonds. The van der Waals surface area contributed by atoms with E-state index in [0.29, 0.717) is 11.5 Å². The van der Waals surface area contributed by atoms with Crippen LogP contribution in [0.3, 0.4) is 0 Å². The third kappa shape index (κ3) is 2.82. The van der Waals surface area contributed by atoms with Crippen molar-refractivity contribution in [2.45, 2.75) is 20.8 Å². The van der Waals surface area contributed by atoms with E-state index in [0.717, 1.165) is 30.2 Å². The average molecular weight is 271 g/mol. The summed E-state index contributed by atoms with van der Waals surface area (Å²) in [5.74, 6) is 1.43. The van der Waals surface area contributed by atoms with E-state index in [4.69, 9.17) is 5.73 Å². The molecule has 0 radical (unpaired) electrons. The Labute approximate surface area is 119 Å². The van der Waals surface area contributed by atoms with E-state index in [1.807, 2.05) is 31.2 Å². The van der Waals surface area contributed by atoms with Crippen LogP contribution in [0.1, 0.15) is 19.4 Å². The Morgan fingerprint density at radius 2 is 1.85 bits per heavy atom. The molecule has 0 spiro atoms. The van der Waals surface area contributed by atoms with Crippen molar-refractivity contribution in [3.05, 3.63) is 36.2 Å². The molecule has 5 heteroatoms. The Bertz CT molecular complexity index is 578. The van der Waals surface area contributed by atoms with Crippen molar-refractivity contribution < 1.29 is 0 Å². The van der Waals surface area contributed by atoms with E-state index < -0.39 is 0 Å². The van der Waals surface area contributed by atoms with Crippen LogP contribution >= 0.6 is 0 Å². The van der Waals surface area contributed by atoms with Gasteiger partial charge in [-0.2, -0.15) is 0 Å². The SMILES string of the molecule is CCN(CC)c1ncnc(Nc2ccccc2C)c1N. The molecule has 0 saturated carbocycles. The largest absolute Gasteiger partial charge is 0.393 e. The zero-order valence-electron chi connectivity index (χ0n) is 12.2. The number of hydrogen-bond acceptors (Lipinski definition) is 5. The molecule has 0 saturated heterocycles. The second-order valence-electron chi connectivity index (χ2n) is 4.57. The molecular weight excluding hydrogens is 250 g/mol. The number of nitrogens with two attached hydrogens (primary N) is 1. The summed E-state index contributed by atoms with van der Waals surface area (Å²) in [5.41, 5.74) is 8.94. The Hall–Kier alpha value is -2.30. The maximum Gasteiger partial charge on any atom is 0.159 e. The first-order chi connectivity index (χ1) is 9.67. The molecule has 2 aromatic rings. The van der Waals surface area contributed by atoms with Crippen LogP contribution in [0.4, 0.5) is 23.0 Å². The van der Waals surface area contributed by atoms with Crippen LogP contribution < -0.4 is 16.0 Å². The number of aromatic nitrogens is 2. The van der Waals surface area contributed by atoms with Crippen LogP contribution in [0.25, 0.3) is 0 Å². The molecule has 2 rings (SSSR count). The molecule has 0 aliphatic heterocycles. The standard InChI is InChI=1S/C15H21N5/c1-4-20(5-2)15-13(16)14(17-10-18-15)19-12-9-7-6-8-11(12)3/h6-10H,4-5,16H2,1-3H3,(H,17,18,19). The van der Waals surface area contributed by atoms with Crippen LogP contribution in [0, 0.1) is 6.92 Å². The summed E-state index contributed by atoms with van der Waals surface area (Å²) < 4.78 is 0. The van der Waals surface area contributed by atoms with Crippen molar-refractivity contribution in [1.82, 2.24) is 9.97 Å². The predicted octanol–water partition coefficient (Wildman–Crippen LogP) is 2.96. The summed E-state index contributed by atoms with van der Waals surface area (Å²) in [7, 11) is 0. The minimum absolute atomic E-state index is 0.583. The molecule has 0 aliphatic carbocycles. The summed E-state index contributed by atoms with van der Waals surface area (Å²) >= 11 is 0. The van der Waals surface area contributed by atoms with Crippen LogP contribution in [-0.2, 0) is 0 Å². The highest BCUT2D eigenvalue weighted by atomic mass is 15.2. The molecule has 1 aromatic heterocycles. The van der Waals surface area contributed by atoms with Gasteiger partial charge in [0.15, 0.2) is 11.6 Å². The van der Waals surface area contributed by atoms with Crippen molar-refractivity contribution >= 4 is 23.0 Å². The lowest BCUT2D eigenvalue weighted by molar-refractivity contribution is 0.844. The van der Waals surface area contributed by atoms with Gasteiger partial charge in [-0.15, -0.1) is 0 Å².